The number of nitrogens with two attached hydrogens (primary N) is 1. The van der Waals surface area contributed by atoms with E-state index >= 15 is 0 Å². The normalized spacial score (nSPS) is 19.6. The van der Waals surface area contributed by atoms with Crippen molar-refractivity contribution in [2.75, 3.05) is 39.9 Å². The zero-order valence-corrected chi connectivity index (χ0v) is 23.1. The van der Waals surface area contributed by atoms with Crippen molar-refractivity contribution in [1.82, 2.24) is 15.1 Å². The Morgan fingerprint density at radius 2 is 1.84 bits per heavy atom. The van der Waals surface area contributed by atoms with Crippen LogP contribution in [0.15, 0.2) is 24.3 Å². The maximum Gasteiger partial charge on any atom is 0.240 e. The lowest BCUT2D eigenvalue weighted by Gasteiger charge is -2.42. The van der Waals surface area contributed by atoms with E-state index in [0.29, 0.717) is 26.1 Å². The second-order valence-corrected chi connectivity index (χ2v) is 11.3. The fraction of sp³-hybridized carbons (Fsp3) is 0.724. The van der Waals surface area contributed by atoms with Crippen molar-refractivity contribution < 1.29 is 19.4 Å². The third-order valence-electron chi connectivity index (χ3n) is 7.96. The molecule has 1 aromatic rings. The van der Waals surface area contributed by atoms with Crippen LogP contribution in [-0.2, 0) is 16.0 Å². The average Bonchev–Trinajstić information content (AvgIpc) is 3.40. The molecule has 8 heteroatoms. The Hall–Kier alpha value is -2.16. The van der Waals surface area contributed by atoms with E-state index in [1.807, 2.05) is 43.0 Å². The van der Waals surface area contributed by atoms with E-state index in [-0.39, 0.29) is 36.5 Å². The van der Waals surface area contributed by atoms with Crippen molar-refractivity contribution in [3.8, 4) is 5.75 Å². The predicted molar refractivity (Wildman–Crippen MR) is 146 cm³/mol. The van der Waals surface area contributed by atoms with Gasteiger partial charge in [-0.25, -0.2) is 0 Å². The number of aliphatic hydroxyl groups excluding tert-OH is 1. The molecule has 0 radical (unpaired) electrons. The summed E-state index contributed by atoms with van der Waals surface area (Å²) in [5.74, 6) is 0.891. The number of likely N-dealkylation sites (tertiary alicyclic amines) is 1. The minimum Gasteiger partial charge on any atom is -0.497 e. The van der Waals surface area contributed by atoms with E-state index < -0.39 is 5.41 Å². The zero-order chi connectivity index (χ0) is 26.8. The molecule has 3 rings (SSSR count). The maximum atomic E-state index is 13.8. The molecular formula is C29H48N4O4. The number of hydrogen-bond donors (Lipinski definition) is 3. The van der Waals surface area contributed by atoms with Gasteiger partial charge < -0.3 is 30.7 Å². The standard InChI is InChI=1S/C29H48N4O4/c1-29(2,21-34)28(36)33(23-9-5-4-6-10-23)24-15-18-32(20-24)27(35)26(31-17-8-7-16-30)19-22-11-13-25(37-3)14-12-22/h11-14,23-24,26,31,34H,4-10,15-21,30H2,1-3H3. The van der Waals surface area contributed by atoms with Crippen LogP contribution in [0.1, 0.15) is 70.8 Å². The van der Waals surface area contributed by atoms with Crippen molar-refractivity contribution in [2.45, 2.75) is 89.8 Å². The van der Waals surface area contributed by atoms with Crippen LogP contribution in [0.3, 0.4) is 0 Å². The third kappa shape index (κ3) is 7.91. The number of amides is 2. The summed E-state index contributed by atoms with van der Waals surface area (Å²) in [6, 6.07) is 7.71. The molecule has 0 spiro atoms. The largest absolute Gasteiger partial charge is 0.497 e. The summed E-state index contributed by atoms with van der Waals surface area (Å²) in [7, 11) is 1.65. The topological polar surface area (TPSA) is 108 Å². The van der Waals surface area contributed by atoms with Gasteiger partial charge in [-0.3, -0.25) is 9.59 Å². The van der Waals surface area contributed by atoms with Gasteiger partial charge in [-0.15, -0.1) is 0 Å². The highest BCUT2D eigenvalue weighted by atomic mass is 16.5. The van der Waals surface area contributed by atoms with E-state index in [1.54, 1.807) is 7.11 Å². The van der Waals surface area contributed by atoms with Crippen LogP contribution < -0.4 is 15.8 Å². The molecule has 0 bridgehead atoms. The Morgan fingerprint density at radius 3 is 2.46 bits per heavy atom. The van der Waals surface area contributed by atoms with Gasteiger partial charge in [0.2, 0.25) is 11.8 Å². The zero-order valence-electron chi connectivity index (χ0n) is 23.1. The van der Waals surface area contributed by atoms with Gasteiger partial charge in [0.25, 0.3) is 0 Å². The summed E-state index contributed by atoms with van der Waals surface area (Å²) in [5, 5.41) is 13.4. The van der Waals surface area contributed by atoms with Crippen molar-refractivity contribution in [3.63, 3.8) is 0 Å². The molecule has 2 atom stereocenters. The lowest BCUT2D eigenvalue weighted by Crippen LogP contribution is -2.55. The molecule has 4 N–H and O–H groups in total. The number of aliphatic hydroxyl groups is 1. The lowest BCUT2D eigenvalue weighted by molar-refractivity contribution is -0.149. The van der Waals surface area contributed by atoms with Crippen LogP contribution in [-0.4, -0.2) is 84.7 Å². The predicted octanol–water partition coefficient (Wildman–Crippen LogP) is 2.72. The summed E-state index contributed by atoms with van der Waals surface area (Å²) in [4.78, 5) is 31.4. The summed E-state index contributed by atoms with van der Waals surface area (Å²) < 4.78 is 5.28. The first-order chi connectivity index (χ1) is 17.8. The van der Waals surface area contributed by atoms with Crippen molar-refractivity contribution >= 4 is 11.8 Å². The third-order valence-corrected chi connectivity index (χ3v) is 7.96. The molecule has 208 valence electrons. The van der Waals surface area contributed by atoms with Crippen molar-refractivity contribution in [2.24, 2.45) is 11.1 Å². The number of nitrogens with one attached hydrogen (secondary N) is 1. The van der Waals surface area contributed by atoms with Gasteiger partial charge in [-0.05, 0) is 83.2 Å². The smallest absolute Gasteiger partial charge is 0.240 e. The van der Waals surface area contributed by atoms with Crippen LogP contribution in [0.4, 0.5) is 0 Å². The molecule has 2 fully saturated rings. The first-order valence-corrected chi connectivity index (χ1v) is 14.1. The number of ether oxygens (including phenoxy) is 1. The van der Waals surface area contributed by atoms with Gasteiger partial charge in [-0.2, -0.15) is 0 Å². The minimum atomic E-state index is -0.823. The lowest BCUT2D eigenvalue weighted by atomic mass is 9.87. The van der Waals surface area contributed by atoms with Gasteiger partial charge in [0.15, 0.2) is 0 Å². The molecule has 1 saturated heterocycles. The number of rotatable bonds is 13. The van der Waals surface area contributed by atoms with Gasteiger partial charge in [0, 0.05) is 19.1 Å². The molecule has 1 aliphatic carbocycles. The minimum absolute atomic E-state index is 0.00995. The molecule has 2 amide bonds. The van der Waals surface area contributed by atoms with Gasteiger partial charge >= 0.3 is 0 Å². The van der Waals surface area contributed by atoms with E-state index in [2.05, 4.69) is 10.2 Å². The summed E-state index contributed by atoms with van der Waals surface area (Å²) in [6.07, 6.45) is 8.67. The number of benzene rings is 1. The second kappa shape index (κ2) is 14.1. The molecule has 1 saturated carbocycles. The molecular weight excluding hydrogens is 468 g/mol. The van der Waals surface area contributed by atoms with Crippen LogP contribution in [0.5, 0.6) is 5.75 Å². The van der Waals surface area contributed by atoms with Gasteiger partial charge in [0.1, 0.15) is 5.75 Å². The van der Waals surface area contributed by atoms with Crippen molar-refractivity contribution in [3.05, 3.63) is 29.8 Å². The van der Waals surface area contributed by atoms with E-state index in [1.165, 1.54) is 6.42 Å². The Balaban J connectivity index is 1.73. The molecule has 8 nitrogen and oxygen atoms in total. The molecule has 0 aromatic heterocycles. The number of unbranched alkanes of at least 4 members (excludes halogenated alkanes) is 1. The molecule has 2 unspecified atom stereocenters. The molecule has 1 aromatic carbocycles. The number of hydrogen-bond acceptors (Lipinski definition) is 6. The second-order valence-electron chi connectivity index (χ2n) is 11.3. The quantitative estimate of drug-likeness (QED) is 0.348. The summed E-state index contributed by atoms with van der Waals surface area (Å²) in [6.45, 7) is 6.02. The monoisotopic (exact) mass is 516 g/mol. The Morgan fingerprint density at radius 1 is 1.14 bits per heavy atom. The fourth-order valence-corrected chi connectivity index (χ4v) is 5.59. The summed E-state index contributed by atoms with van der Waals surface area (Å²) >= 11 is 0. The molecule has 1 aliphatic heterocycles. The highest BCUT2D eigenvalue weighted by Gasteiger charge is 2.42. The maximum absolute atomic E-state index is 13.8. The van der Waals surface area contributed by atoms with Gasteiger partial charge in [0.05, 0.1) is 31.2 Å². The Bertz CT molecular complexity index is 854. The fourth-order valence-electron chi connectivity index (χ4n) is 5.59. The highest BCUT2D eigenvalue weighted by Crippen LogP contribution is 2.32. The molecule has 37 heavy (non-hydrogen) atoms. The highest BCUT2D eigenvalue weighted by molar-refractivity contribution is 5.84. The van der Waals surface area contributed by atoms with Crippen LogP contribution in [0.25, 0.3) is 0 Å². The summed E-state index contributed by atoms with van der Waals surface area (Å²) in [5.41, 5.74) is 5.91. The number of nitrogens with zero attached hydrogens (tertiary/aromatic N) is 2. The Labute approximate surface area is 222 Å². The van der Waals surface area contributed by atoms with Crippen molar-refractivity contribution in [1.29, 1.82) is 0 Å². The van der Waals surface area contributed by atoms with E-state index in [0.717, 1.165) is 62.8 Å². The van der Waals surface area contributed by atoms with Crippen LogP contribution in [0, 0.1) is 5.41 Å². The van der Waals surface area contributed by atoms with E-state index in [9.17, 15) is 14.7 Å². The van der Waals surface area contributed by atoms with Gasteiger partial charge in [-0.1, -0.05) is 31.4 Å². The van der Waals surface area contributed by atoms with E-state index in [4.69, 9.17) is 10.5 Å². The number of carbonyl (C=O) groups is 2. The van der Waals surface area contributed by atoms with Crippen LogP contribution in [0.2, 0.25) is 0 Å². The molecule has 2 aliphatic rings. The Kier molecular flexibility index (Phi) is 11.2. The van der Waals surface area contributed by atoms with Crippen LogP contribution >= 0.6 is 0 Å². The first kappa shape index (κ1) is 29.4. The average molecular weight is 517 g/mol. The molecule has 1 heterocycles. The number of methoxy groups -OCH3 is 1. The SMILES string of the molecule is COc1ccc(CC(NCCCCN)C(=O)N2CCC(N(C(=O)C(C)(C)CO)C3CCCCC3)C2)cc1. The first-order valence-electron chi connectivity index (χ1n) is 14.1. The number of carbonyl (C=O) groups excluding carboxylic acids is 2.